The summed E-state index contributed by atoms with van der Waals surface area (Å²) in [6, 6.07) is 22.4. The van der Waals surface area contributed by atoms with E-state index in [9.17, 15) is 14.4 Å². The molecule has 1 atom stereocenters. The van der Waals surface area contributed by atoms with Crippen molar-refractivity contribution in [3.8, 4) is 0 Å². The van der Waals surface area contributed by atoms with Crippen LogP contribution >= 0.6 is 11.6 Å². The zero-order chi connectivity index (χ0) is 22.7. The summed E-state index contributed by atoms with van der Waals surface area (Å²) in [5.41, 5.74) is 1.22. The number of halogens is 1. The maximum atomic E-state index is 13.3. The van der Waals surface area contributed by atoms with Gasteiger partial charge in [-0.1, -0.05) is 66.2 Å². The van der Waals surface area contributed by atoms with Crippen molar-refractivity contribution in [2.24, 2.45) is 7.05 Å². The predicted octanol–water partition coefficient (Wildman–Crippen LogP) is 3.45. The fourth-order valence-corrected chi connectivity index (χ4v) is 3.88. The zero-order valence-corrected chi connectivity index (χ0v) is 18.3. The molecule has 1 amide bonds. The first-order valence-electron chi connectivity index (χ1n) is 10.2. The lowest BCUT2D eigenvalue weighted by molar-refractivity contribution is -0.124. The number of amides is 1. The van der Waals surface area contributed by atoms with Crippen LogP contribution in [0.5, 0.6) is 0 Å². The summed E-state index contributed by atoms with van der Waals surface area (Å²) >= 11 is 5.93. The SMILES string of the molecule is Cn1c(=O)n([C@@H](Cc2ccccc2)C(=O)NCc2ccc(Cl)cc2)c(=O)c2ccccc21. The highest BCUT2D eigenvalue weighted by atomic mass is 35.5. The number of para-hydroxylation sites is 1. The number of hydrogen-bond acceptors (Lipinski definition) is 3. The van der Waals surface area contributed by atoms with Crippen molar-refractivity contribution < 1.29 is 4.79 Å². The van der Waals surface area contributed by atoms with Gasteiger partial charge in [-0.15, -0.1) is 0 Å². The quantitative estimate of drug-likeness (QED) is 0.492. The van der Waals surface area contributed by atoms with Gasteiger partial charge in [-0.2, -0.15) is 0 Å². The van der Waals surface area contributed by atoms with Crippen molar-refractivity contribution in [1.29, 1.82) is 0 Å². The molecule has 0 unspecified atom stereocenters. The fourth-order valence-electron chi connectivity index (χ4n) is 3.75. The molecule has 7 heteroatoms. The topological polar surface area (TPSA) is 73.1 Å². The van der Waals surface area contributed by atoms with Gasteiger partial charge >= 0.3 is 5.69 Å². The summed E-state index contributed by atoms with van der Waals surface area (Å²) in [6.07, 6.45) is 0.209. The van der Waals surface area contributed by atoms with E-state index in [2.05, 4.69) is 5.32 Å². The van der Waals surface area contributed by atoms with E-state index in [1.165, 1.54) is 4.57 Å². The Labute approximate surface area is 189 Å². The Morgan fingerprint density at radius 3 is 2.28 bits per heavy atom. The lowest BCUT2D eigenvalue weighted by Crippen LogP contribution is -2.47. The normalized spacial score (nSPS) is 11.9. The molecule has 4 aromatic rings. The van der Waals surface area contributed by atoms with Crippen molar-refractivity contribution in [1.82, 2.24) is 14.5 Å². The van der Waals surface area contributed by atoms with Gasteiger partial charge in [-0.3, -0.25) is 14.2 Å². The lowest BCUT2D eigenvalue weighted by Gasteiger charge is -2.21. The van der Waals surface area contributed by atoms with Crippen LogP contribution in [0, 0.1) is 0 Å². The number of aryl methyl sites for hydroxylation is 1. The van der Waals surface area contributed by atoms with Crippen molar-refractivity contribution in [3.63, 3.8) is 0 Å². The largest absolute Gasteiger partial charge is 0.350 e. The molecule has 0 spiro atoms. The molecule has 162 valence electrons. The van der Waals surface area contributed by atoms with Gasteiger partial charge in [0.1, 0.15) is 6.04 Å². The molecule has 4 rings (SSSR count). The number of aromatic nitrogens is 2. The number of nitrogens with zero attached hydrogens (tertiary/aromatic N) is 2. The molecule has 6 nitrogen and oxygen atoms in total. The Hall–Kier alpha value is -3.64. The summed E-state index contributed by atoms with van der Waals surface area (Å²) in [5.74, 6) is -0.404. The number of carbonyl (C=O) groups is 1. The van der Waals surface area contributed by atoms with Crippen LogP contribution in [0.3, 0.4) is 0 Å². The number of fused-ring (bicyclic) bond motifs is 1. The van der Waals surface area contributed by atoms with E-state index >= 15 is 0 Å². The van der Waals surface area contributed by atoms with E-state index in [-0.39, 0.29) is 13.0 Å². The van der Waals surface area contributed by atoms with Gasteiger partial charge in [0.25, 0.3) is 5.56 Å². The zero-order valence-electron chi connectivity index (χ0n) is 17.5. The highest BCUT2D eigenvalue weighted by molar-refractivity contribution is 6.30. The maximum Gasteiger partial charge on any atom is 0.331 e. The summed E-state index contributed by atoms with van der Waals surface area (Å²) in [7, 11) is 1.60. The highest BCUT2D eigenvalue weighted by Crippen LogP contribution is 2.15. The van der Waals surface area contributed by atoms with Gasteiger partial charge in [0.15, 0.2) is 0 Å². The van der Waals surface area contributed by atoms with Gasteiger partial charge in [-0.25, -0.2) is 9.36 Å². The Bertz CT molecular complexity index is 1380. The molecule has 1 N–H and O–H groups in total. The number of rotatable bonds is 6. The van der Waals surface area contributed by atoms with Crippen LogP contribution in [-0.4, -0.2) is 15.0 Å². The van der Waals surface area contributed by atoms with E-state index in [0.29, 0.717) is 15.9 Å². The van der Waals surface area contributed by atoms with Crippen LogP contribution in [0.4, 0.5) is 0 Å². The van der Waals surface area contributed by atoms with Crippen molar-refractivity contribution in [3.05, 3.63) is 116 Å². The van der Waals surface area contributed by atoms with Gasteiger partial charge in [0.2, 0.25) is 5.91 Å². The predicted molar refractivity (Wildman–Crippen MR) is 126 cm³/mol. The van der Waals surface area contributed by atoms with E-state index in [4.69, 9.17) is 11.6 Å². The van der Waals surface area contributed by atoms with Crippen LogP contribution in [0.2, 0.25) is 5.02 Å². The molecule has 0 bridgehead atoms. The molecule has 0 saturated heterocycles. The second-order valence-corrected chi connectivity index (χ2v) is 8.02. The Morgan fingerprint density at radius 1 is 0.906 bits per heavy atom. The van der Waals surface area contributed by atoms with E-state index < -0.39 is 23.2 Å². The van der Waals surface area contributed by atoms with E-state index in [0.717, 1.165) is 15.7 Å². The van der Waals surface area contributed by atoms with Crippen LogP contribution < -0.4 is 16.6 Å². The smallest absolute Gasteiger partial charge is 0.331 e. The molecule has 1 aromatic heterocycles. The number of hydrogen-bond donors (Lipinski definition) is 1. The highest BCUT2D eigenvalue weighted by Gasteiger charge is 2.26. The van der Waals surface area contributed by atoms with Gasteiger partial charge in [0, 0.05) is 25.0 Å². The summed E-state index contributed by atoms with van der Waals surface area (Å²) in [4.78, 5) is 39.8. The fraction of sp³-hybridized carbons (Fsp3) is 0.160. The van der Waals surface area contributed by atoms with Crippen molar-refractivity contribution in [2.45, 2.75) is 19.0 Å². The molecular weight excluding hydrogens is 426 g/mol. The minimum Gasteiger partial charge on any atom is -0.350 e. The molecule has 0 aliphatic carbocycles. The molecule has 0 fully saturated rings. The monoisotopic (exact) mass is 447 g/mol. The second-order valence-electron chi connectivity index (χ2n) is 7.58. The third-order valence-electron chi connectivity index (χ3n) is 5.47. The molecule has 1 heterocycles. The molecule has 0 saturated carbocycles. The van der Waals surface area contributed by atoms with Crippen molar-refractivity contribution in [2.75, 3.05) is 0 Å². The molecule has 32 heavy (non-hydrogen) atoms. The molecule has 0 radical (unpaired) electrons. The van der Waals surface area contributed by atoms with E-state index in [1.807, 2.05) is 42.5 Å². The number of nitrogens with one attached hydrogen (secondary N) is 1. The first kappa shape index (κ1) is 21.6. The summed E-state index contributed by atoms with van der Waals surface area (Å²) in [6.45, 7) is 0.254. The molecule has 0 aliphatic heterocycles. The first-order chi connectivity index (χ1) is 15.5. The lowest BCUT2D eigenvalue weighted by atomic mass is 10.0. The maximum absolute atomic E-state index is 13.3. The minimum absolute atomic E-state index is 0.209. The minimum atomic E-state index is -1.000. The van der Waals surface area contributed by atoms with Crippen LogP contribution in [0.15, 0.2) is 88.5 Å². The standard InChI is InChI=1S/C25H22ClN3O3/c1-28-21-10-6-5-9-20(21)24(31)29(25(28)32)22(15-17-7-3-2-4-8-17)23(30)27-16-18-11-13-19(26)14-12-18/h2-14,22H,15-16H2,1H3,(H,27,30)/t22-/m0/s1. The summed E-state index contributed by atoms with van der Waals surface area (Å²) < 4.78 is 2.47. The van der Waals surface area contributed by atoms with Crippen LogP contribution in [-0.2, 0) is 24.8 Å². The molecular formula is C25H22ClN3O3. The second kappa shape index (κ2) is 9.24. The van der Waals surface area contributed by atoms with Crippen LogP contribution in [0.1, 0.15) is 17.2 Å². The van der Waals surface area contributed by atoms with Gasteiger partial charge < -0.3 is 5.32 Å². The Morgan fingerprint density at radius 2 is 1.56 bits per heavy atom. The summed E-state index contributed by atoms with van der Waals surface area (Å²) in [5, 5.41) is 3.86. The number of benzene rings is 3. The van der Waals surface area contributed by atoms with E-state index in [1.54, 1.807) is 43.4 Å². The average molecular weight is 448 g/mol. The molecule has 3 aromatic carbocycles. The average Bonchev–Trinajstić information content (AvgIpc) is 2.82. The first-order valence-corrected chi connectivity index (χ1v) is 10.6. The third kappa shape index (κ3) is 4.36. The van der Waals surface area contributed by atoms with Crippen LogP contribution in [0.25, 0.3) is 10.9 Å². The molecule has 0 aliphatic rings. The number of carbonyl (C=O) groups excluding carboxylic acids is 1. The third-order valence-corrected chi connectivity index (χ3v) is 5.73. The van der Waals surface area contributed by atoms with Gasteiger partial charge in [0.05, 0.1) is 10.9 Å². The van der Waals surface area contributed by atoms with Crippen molar-refractivity contribution >= 4 is 28.4 Å². The van der Waals surface area contributed by atoms with Gasteiger partial charge in [-0.05, 0) is 35.4 Å². The Balaban J connectivity index is 1.76. The Kier molecular flexibility index (Phi) is 6.23.